The lowest BCUT2D eigenvalue weighted by Gasteiger charge is -2.12. The van der Waals surface area contributed by atoms with E-state index in [0.29, 0.717) is 11.5 Å². The average molecular weight is 586 g/mol. The van der Waals surface area contributed by atoms with Crippen molar-refractivity contribution in [1.82, 2.24) is 0 Å². The Bertz CT molecular complexity index is 1120. The number of ether oxygens (including phenoxy) is 2. The molecule has 0 atom stereocenters. The second kappa shape index (κ2) is 11.5. The van der Waals surface area contributed by atoms with Gasteiger partial charge < -0.3 is 14.6 Å². The molecular weight excluding hydrogens is 568 g/mol. The molecule has 0 unspecified atom stereocenters. The van der Waals surface area contributed by atoms with Crippen LogP contribution in [0.3, 0.4) is 0 Å². The first-order chi connectivity index (χ1) is 15.7. The lowest BCUT2D eigenvalue weighted by molar-refractivity contribution is -0.274. The lowest BCUT2D eigenvalue weighted by Crippen LogP contribution is -2.17. The third-order valence-electron chi connectivity index (χ3n) is 4.28. The van der Waals surface area contributed by atoms with Crippen LogP contribution in [-0.4, -0.2) is 29.8 Å². The molecule has 0 radical (unpaired) electrons. The predicted octanol–water partition coefficient (Wildman–Crippen LogP) is 6.88. The number of alkyl halides is 3. The van der Waals surface area contributed by atoms with Gasteiger partial charge in [0.25, 0.3) is 0 Å². The quantitative estimate of drug-likeness (QED) is 0.219. The van der Waals surface area contributed by atoms with Gasteiger partial charge in [0, 0.05) is 14.2 Å². The number of carbonyl (C=O) groups is 1. The van der Waals surface area contributed by atoms with Crippen molar-refractivity contribution in [3.05, 3.63) is 93.6 Å². The number of carboxylic acids is 1. The van der Waals surface area contributed by atoms with E-state index in [1.165, 1.54) is 12.1 Å². The highest BCUT2D eigenvalue weighted by atomic mass is 127. The number of carboxylic acid groups (broad SMARTS) is 1. The number of hydrogen-bond acceptors (Lipinski definition) is 4. The molecule has 9 heteroatoms. The minimum absolute atomic E-state index is 0.271. The van der Waals surface area contributed by atoms with E-state index in [-0.39, 0.29) is 5.75 Å². The Hall–Kier alpha value is -2.66. The Morgan fingerprint density at radius 1 is 0.970 bits per heavy atom. The summed E-state index contributed by atoms with van der Waals surface area (Å²) in [7, 11) is 0. The normalized spacial score (nSPS) is 11.8. The zero-order valence-corrected chi connectivity index (χ0v) is 20.0. The number of halogens is 4. The summed E-state index contributed by atoms with van der Waals surface area (Å²) in [6.45, 7) is -0.404. The molecule has 0 saturated carbocycles. The van der Waals surface area contributed by atoms with E-state index in [1.54, 1.807) is 36.0 Å². The van der Waals surface area contributed by atoms with E-state index in [4.69, 9.17) is 9.84 Å². The van der Waals surface area contributed by atoms with Crippen molar-refractivity contribution in [2.24, 2.45) is 0 Å². The van der Waals surface area contributed by atoms with Gasteiger partial charge in [-0.15, -0.1) is 24.9 Å². The summed E-state index contributed by atoms with van der Waals surface area (Å²) in [5.74, 6) is -0.225. The van der Waals surface area contributed by atoms with Crippen molar-refractivity contribution in [2.45, 2.75) is 11.3 Å². The highest BCUT2D eigenvalue weighted by Crippen LogP contribution is 2.31. The SMILES string of the molecule is O=C(O)COc1ccc(SCC=C(c2ccccc2)c2ccc(OC(F)(F)F)cc2)c(I)c1. The summed E-state index contributed by atoms with van der Waals surface area (Å²) < 4.78 is 47.5. The molecule has 0 aliphatic heterocycles. The van der Waals surface area contributed by atoms with Crippen molar-refractivity contribution >= 4 is 45.9 Å². The third-order valence-corrected chi connectivity index (χ3v) is 6.53. The maximum Gasteiger partial charge on any atom is 0.573 e. The molecule has 0 aliphatic rings. The van der Waals surface area contributed by atoms with Crippen LogP contribution in [-0.2, 0) is 4.79 Å². The fraction of sp³-hybridized carbons (Fsp3) is 0.125. The standard InChI is InChI=1S/C24H18F3IO4S/c25-24(26,27)32-18-8-6-17(7-9-18)20(16-4-2-1-3-5-16)12-13-33-22-11-10-19(14-21(22)28)31-15-23(29)30/h1-12,14H,13,15H2,(H,29,30). The molecule has 3 aromatic rings. The number of benzene rings is 3. The molecular formula is C24H18F3IO4S. The van der Waals surface area contributed by atoms with Crippen molar-refractivity contribution in [3.63, 3.8) is 0 Å². The summed E-state index contributed by atoms with van der Waals surface area (Å²) in [4.78, 5) is 11.6. The van der Waals surface area contributed by atoms with Crippen molar-refractivity contribution in [3.8, 4) is 11.5 Å². The van der Waals surface area contributed by atoms with Gasteiger partial charge in [-0.05, 0) is 69.6 Å². The number of hydrogen-bond donors (Lipinski definition) is 1. The molecule has 4 nitrogen and oxygen atoms in total. The molecule has 0 amide bonds. The number of thioether (sulfide) groups is 1. The fourth-order valence-electron chi connectivity index (χ4n) is 2.90. The summed E-state index contributed by atoms with van der Waals surface area (Å²) in [5.41, 5.74) is 2.59. The first-order valence-electron chi connectivity index (χ1n) is 9.60. The predicted molar refractivity (Wildman–Crippen MR) is 130 cm³/mol. The second-order valence-electron chi connectivity index (χ2n) is 6.64. The van der Waals surface area contributed by atoms with Crippen LogP contribution in [0.5, 0.6) is 11.5 Å². The molecule has 1 N–H and O–H groups in total. The molecule has 0 bridgehead atoms. The molecule has 0 aliphatic carbocycles. The zero-order chi connectivity index (χ0) is 23.8. The van der Waals surface area contributed by atoms with Gasteiger partial charge in [0.1, 0.15) is 11.5 Å². The van der Waals surface area contributed by atoms with Crippen LogP contribution >= 0.6 is 34.4 Å². The molecule has 0 fully saturated rings. The van der Waals surface area contributed by atoms with Crippen LogP contribution < -0.4 is 9.47 Å². The first kappa shape index (κ1) is 25.0. The minimum atomic E-state index is -4.73. The van der Waals surface area contributed by atoms with Gasteiger partial charge >= 0.3 is 12.3 Å². The molecule has 33 heavy (non-hydrogen) atoms. The van der Waals surface area contributed by atoms with Gasteiger partial charge in [-0.1, -0.05) is 48.5 Å². The Morgan fingerprint density at radius 3 is 2.21 bits per heavy atom. The first-order valence-corrected chi connectivity index (χ1v) is 11.7. The van der Waals surface area contributed by atoms with E-state index in [0.717, 1.165) is 25.2 Å². The van der Waals surface area contributed by atoms with E-state index in [1.807, 2.05) is 42.5 Å². The van der Waals surface area contributed by atoms with E-state index in [9.17, 15) is 18.0 Å². The molecule has 0 saturated heterocycles. The Morgan fingerprint density at radius 2 is 1.61 bits per heavy atom. The highest BCUT2D eigenvalue weighted by Gasteiger charge is 2.31. The minimum Gasteiger partial charge on any atom is -0.482 e. The van der Waals surface area contributed by atoms with Gasteiger partial charge in [0.05, 0.1) is 0 Å². The maximum absolute atomic E-state index is 12.5. The van der Waals surface area contributed by atoms with Crippen molar-refractivity contribution in [1.29, 1.82) is 0 Å². The third kappa shape index (κ3) is 8.01. The molecule has 0 heterocycles. The maximum atomic E-state index is 12.5. The Labute approximate surface area is 206 Å². The topological polar surface area (TPSA) is 55.8 Å². The van der Waals surface area contributed by atoms with Gasteiger partial charge in [0.2, 0.25) is 0 Å². The molecule has 0 aromatic heterocycles. The van der Waals surface area contributed by atoms with E-state index in [2.05, 4.69) is 27.3 Å². The number of aliphatic carboxylic acids is 1. The van der Waals surface area contributed by atoms with Crippen LogP contribution in [0.25, 0.3) is 5.57 Å². The average Bonchev–Trinajstić information content (AvgIpc) is 2.77. The summed E-state index contributed by atoms with van der Waals surface area (Å²) in [5, 5.41) is 8.73. The lowest BCUT2D eigenvalue weighted by atomic mass is 9.98. The van der Waals surface area contributed by atoms with Crippen molar-refractivity contribution in [2.75, 3.05) is 12.4 Å². The molecule has 3 aromatic carbocycles. The summed E-state index contributed by atoms with van der Waals surface area (Å²) in [6.07, 6.45) is -2.72. The van der Waals surface area contributed by atoms with Crippen molar-refractivity contribution < 1.29 is 32.5 Å². The van der Waals surface area contributed by atoms with Crippen LogP contribution in [0, 0.1) is 3.57 Å². The van der Waals surface area contributed by atoms with Gasteiger partial charge in [-0.2, -0.15) is 0 Å². The molecule has 0 spiro atoms. The summed E-state index contributed by atoms with van der Waals surface area (Å²) >= 11 is 3.74. The Kier molecular flexibility index (Phi) is 8.67. The smallest absolute Gasteiger partial charge is 0.482 e. The van der Waals surface area contributed by atoms with E-state index < -0.39 is 18.9 Å². The van der Waals surface area contributed by atoms with Gasteiger partial charge in [-0.3, -0.25) is 0 Å². The monoisotopic (exact) mass is 586 g/mol. The zero-order valence-electron chi connectivity index (χ0n) is 17.0. The second-order valence-corrected chi connectivity index (χ2v) is 8.87. The van der Waals surface area contributed by atoms with Crippen LogP contribution in [0.15, 0.2) is 83.8 Å². The Balaban J connectivity index is 1.77. The van der Waals surface area contributed by atoms with Crippen LogP contribution in [0.1, 0.15) is 11.1 Å². The molecule has 172 valence electrons. The summed E-state index contributed by atoms with van der Waals surface area (Å²) in [6, 6.07) is 20.7. The fourth-order valence-corrected chi connectivity index (χ4v) is 4.65. The largest absolute Gasteiger partial charge is 0.573 e. The highest BCUT2D eigenvalue weighted by molar-refractivity contribution is 14.1. The van der Waals surface area contributed by atoms with Crippen LogP contribution in [0.2, 0.25) is 0 Å². The number of rotatable bonds is 9. The van der Waals surface area contributed by atoms with Gasteiger partial charge in [-0.25, -0.2) is 4.79 Å². The van der Waals surface area contributed by atoms with E-state index >= 15 is 0 Å². The van der Waals surface area contributed by atoms with Gasteiger partial charge in [0.15, 0.2) is 6.61 Å². The molecule has 3 rings (SSSR count). The van der Waals surface area contributed by atoms with Crippen LogP contribution in [0.4, 0.5) is 13.2 Å².